The highest BCUT2D eigenvalue weighted by atomic mass is 32.2. The summed E-state index contributed by atoms with van der Waals surface area (Å²) >= 11 is 1.25. The Morgan fingerprint density at radius 2 is 1.77 bits per heavy atom. The van der Waals surface area contributed by atoms with Gasteiger partial charge in [-0.25, -0.2) is 4.39 Å². The van der Waals surface area contributed by atoms with Gasteiger partial charge in [-0.2, -0.15) is 0 Å². The van der Waals surface area contributed by atoms with Crippen molar-refractivity contribution in [3.63, 3.8) is 0 Å². The number of para-hydroxylation sites is 2. The normalized spacial score (nSPS) is 13.9. The molecule has 1 fully saturated rings. The van der Waals surface area contributed by atoms with Gasteiger partial charge >= 0.3 is 5.56 Å². The third-order valence-electron chi connectivity index (χ3n) is 5.93. The average Bonchev–Trinajstić information content (AvgIpc) is 3.32. The van der Waals surface area contributed by atoms with Crippen molar-refractivity contribution < 1.29 is 13.9 Å². The fraction of sp³-hybridized carbons (Fsp3) is 0.250. The number of methoxy groups -OCH3 is 1. The van der Waals surface area contributed by atoms with Crippen LogP contribution in [0, 0.1) is 5.82 Å². The Morgan fingerprint density at radius 3 is 2.51 bits per heavy atom. The van der Waals surface area contributed by atoms with Crippen LogP contribution < -0.4 is 15.2 Å². The zero-order valence-electron chi connectivity index (χ0n) is 19.0. The smallest absolute Gasteiger partial charge is 0.300 e. The number of hydrogen-bond donors (Lipinski definition) is 0. The molecule has 3 heterocycles. The maximum atomic E-state index is 13.2. The number of thioether (sulfide) groups is 1. The maximum absolute atomic E-state index is 13.2. The quantitative estimate of drug-likeness (QED) is 0.381. The Bertz CT molecular complexity index is 1410. The zero-order valence-corrected chi connectivity index (χ0v) is 19.8. The molecule has 1 aliphatic rings. The van der Waals surface area contributed by atoms with Gasteiger partial charge in [0.25, 0.3) is 0 Å². The molecule has 9 nitrogen and oxygen atoms in total. The van der Waals surface area contributed by atoms with Crippen molar-refractivity contribution in [1.29, 1.82) is 0 Å². The fourth-order valence-electron chi connectivity index (χ4n) is 4.07. The van der Waals surface area contributed by atoms with Crippen molar-refractivity contribution in [3.05, 3.63) is 77.1 Å². The molecule has 1 amide bonds. The fourth-order valence-corrected chi connectivity index (χ4v) is 4.89. The van der Waals surface area contributed by atoms with Gasteiger partial charge in [-0.3, -0.25) is 18.6 Å². The van der Waals surface area contributed by atoms with Crippen molar-refractivity contribution in [2.45, 2.75) is 5.16 Å². The first kappa shape index (κ1) is 22.9. The lowest BCUT2D eigenvalue weighted by atomic mass is 10.2. The number of halogens is 1. The van der Waals surface area contributed by atoms with Crippen molar-refractivity contribution in [2.24, 2.45) is 0 Å². The van der Waals surface area contributed by atoms with Gasteiger partial charge < -0.3 is 14.5 Å². The summed E-state index contributed by atoms with van der Waals surface area (Å²) in [6, 6.07) is 13.6. The lowest BCUT2D eigenvalue weighted by Gasteiger charge is -2.36. The van der Waals surface area contributed by atoms with E-state index in [4.69, 9.17) is 4.74 Å². The molecule has 0 unspecified atom stereocenters. The summed E-state index contributed by atoms with van der Waals surface area (Å²) in [5.74, 6) is 0.484. The summed E-state index contributed by atoms with van der Waals surface area (Å²) in [6.07, 6.45) is 3.34. The van der Waals surface area contributed by atoms with Gasteiger partial charge in [-0.05, 0) is 36.4 Å². The van der Waals surface area contributed by atoms with Crippen LogP contribution in [0.1, 0.15) is 0 Å². The van der Waals surface area contributed by atoms with Gasteiger partial charge in [0.1, 0.15) is 11.6 Å². The van der Waals surface area contributed by atoms with E-state index in [1.54, 1.807) is 48.2 Å². The molecule has 0 saturated carbocycles. The maximum Gasteiger partial charge on any atom is 0.300 e. The molecule has 4 aromatic rings. The van der Waals surface area contributed by atoms with E-state index in [1.807, 2.05) is 17.0 Å². The molecule has 0 aliphatic carbocycles. The number of ether oxygens (including phenoxy) is 1. The molecule has 35 heavy (non-hydrogen) atoms. The average molecular weight is 495 g/mol. The molecule has 180 valence electrons. The van der Waals surface area contributed by atoms with Crippen LogP contribution in [0.5, 0.6) is 5.75 Å². The highest BCUT2D eigenvalue weighted by Crippen LogP contribution is 2.22. The van der Waals surface area contributed by atoms with E-state index in [2.05, 4.69) is 15.1 Å². The van der Waals surface area contributed by atoms with Crippen LogP contribution in [0.15, 0.2) is 70.9 Å². The molecule has 0 bridgehead atoms. The summed E-state index contributed by atoms with van der Waals surface area (Å²) in [6.45, 7) is 2.53. The van der Waals surface area contributed by atoms with Gasteiger partial charge in [0.15, 0.2) is 5.16 Å². The first-order valence-corrected chi connectivity index (χ1v) is 12.0. The van der Waals surface area contributed by atoms with Crippen LogP contribution in [0.25, 0.3) is 11.3 Å². The summed E-state index contributed by atoms with van der Waals surface area (Å²) in [5.41, 5.74) is 1.39. The van der Waals surface area contributed by atoms with Crippen molar-refractivity contribution in [1.82, 2.24) is 24.1 Å². The van der Waals surface area contributed by atoms with E-state index in [-0.39, 0.29) is 28.7 Å². The Kier molecular flexibility index (Phi) is 6.41. The number of hydrogen-bond acceptors (Lipinski definition) is 7. The molecule has 2 aromatic carbocycles. The van der Waals surface area contributed by atoms with E-state index in [0.29, 0.717) is 42.8 Å². The summed E-state index contributed by atoms with van der Waals surface area (Å²) in [7, 11) is 1.55. The Labute approximate surface area is 204 Å². The molecule has 0 radical (unpaired) electrons. The molecule has 11 heteroatoms. The van der Waals surface area contributed by atoms with Crippen LogP contribution in [0.2, 0.25) is 0 Å². The Balaban J connectivity index is 1.24. The minimum atomic E-state index is -0.334. The summed E-state index contributed by atoms with van der Waals surface area (Å²) in [5, 5.41) is 8.67. The minimum absolute atomic E-state index is 0.00660. The highest BCUT2D eigenvalue weighted by Gasteiger charge is 2.22. The molecular formula is C24H23FN6O3S. The molecule has 0 N–H and O–H groups in total. The Morgan fingerprint density at radius 1 is 1.03 bits per heavy atom. The van der Waals surface area contributed by atoms with Gasteiger partial charge in [-0.1, -0.05) is 23.9 Å². The number of rotatable bonds is 6. The third-order valence-corrected chi connectivity index (χ3v) is 6.86. The molecular weight excluding hydrogens is 471 g/mol. The second-order valence-corrected chi connectivity index (χ2v) is 8.90. The number of fused-ring (bicyclic) bond motifs is 1. The number of carbonyl (C=O) groups is 1. The summed E-state index contributed by atoms with van der Waals surface area (Å²) in [4.78, 5) is 29.8. The van der Waals surface area contributed by atoms with Crippen molar-refractivity contribution in [2.75, 3.05) is 43.9 Å². The number of carbonyl (C=O) groups excluding carboxylic acids is 1. The zero-order chi connectivity index (χ0) is 24.4. The second kappa shape index (κ2) is 9.79. The van der Waals surface area contributed by atoms with Crippen LogP contribution in [-0.2, 0) is 4.79 Å². The van der Waals surface area contributed by atoms with Gasteiger partial charge in [0.05, 0.1) is 18.6 Å². The van der Waals surface area contributed by atoms with E-state index < -0.39 is 0 Å². The number of aromatic nitrogens is 4. The molecule has 0 atom stereocenters. The molecule has 5 rings (SSSR count). The van der Waals surface area contributed by atoms with Crippen LogP contribution >= 0.6 is 11.8 Å². The van der Waals surface area contributed by atoms with Crippen LogP contribution in [-0.4, -0.2) is 69.0 Å². The number of benzene rings is 2. The van der Waals surface area contributed by atoms with Gasteiger partial charge in [0, 0.05) is 44.3 Å². The first-order chi connectivity index (χ1) is 17.0. The second-order valence-electron chi connectivity index (χ2n) is 7.95. The van der Waals surface area contributed by atoms with Gasteiger partial charge in [0.2, 0.25) is 11.6 Å². The standard InChI is InChI=1S/C24H23FN6O3S/c1-34-20-5-3-2-4-19(20)30-14-15-31-22(23(30)33)26-27-24(31)35-16-21(32)29-12-10-28(11-13-29)18-8-6-17(25)7-9-18/h2-9,14-15H,10-13,16H2,1H3. The lowest BCUT2D eigenvalue weighted by Crippen LogP contribution is -2.49. The van der Waals surface area contributed by atoms with Crippen LogP contribution in [0.3, 0.4) is 0 Å². The van der Waals surface area contributed by atoms with Crippen LogP contribution in [0.4, 0.5) is 10.1 Å². The predicted octanol–water partition coefficient (Wildman–Crippen LogP) is 2.47. The van der Waals surface area contributed by atoms with Crippen molar-refractivity contribution in [3.8, 4) is 11.4 Å². The van der Waals surface area contributed by atoms with Gasteiger partial charge in [-0.15, -0.1) is 10.2 Å². The third kappa shape index (κ3) is 4.59. The largest absolute Gasteiger partial charge is 0.495 e. The lowest BCUT2D eigenvalue weighted by molar-refractivity contribution is -0.128. The van der Waals surface area contributed by atoms with E-state index in [1.165, 1.54) is 28.5 Å². The number of piperazine rings is 1. The minimum Gasteiger partial charge on any atom is -0.495 e. The number of amides is 1. The number of nitrogens with zero attached hydrogens (tertiary/aromatic N) is 6. The molecule has 1 aliphatic heterocycles. The van der Waals surface area contributed by atoms with E-state index in [9.17, 15) is 14.0 Å². The monoisotopic (exact) mass is 494 g/mol. The SMILES string of the molecule is COc1ccccc1-n1ccn2c(SCC(=O)N3CCN(c4ccc(F)cc4)CC3)nnc2c1=O. The Hall–Kier alpha value is -3.86. The van der Waals surface area contributed by atoms with Crippen molar-refractivity contribution >= 4 is 29.0 Å². The first-order valence-electron chi connectivity index (χ1n) is 11.1. The summed E-state index contributed by atoms with van der Waals surface area (Å²) < 4.78 is 21.6. The highest BCUT2D eigenvalue weighted by molar-refractivity contribution is 7.99. The van der Waals surface area contributed by atoms with E-state index in [0.717, 1.165) is 5.69 Å². The molecule has 2 aromatic heterocycles. The topological polar surface area (TPSA) is 85.0 Å². The number of anilines is 1. The van der Waals surface area contributed by atoms with E-state index >= 15 is 0 Å². The molecule has 0 spiro atoms. The predicted molar refractivity (Wildman–Crippen MR) is 131 cm³/mol. The molecule has 1 saturated heterocycles.